The van der Waals surface area contributed by atoms with Gasteiger partial charge in [-0.05, 0) is 37.1 Å². The molecule has 0 spiro atoms. The number of aryl methyl sites for hydroxylation is 2. The third-order valence-corrected chi connectivity index (χ3v) is 3.36. The van der Waals surface area contributed by atoms with Gasteiger partial charge in [0.15, 0.2) is 6.61 Å². The molecule has 0 bridgehead atoms. The van der Waals surface area contributed by atoms with Gasteiger partial charge in [-0.25, -0.2) is 13.2 Å². The molecule has 2 N–H and O–H groups in total. The molecule has 17 heavy (non-hydrogen) atoms. The zero-order valence-corrected chi connectivity index (χ0v) is 10.2. The molecule has 0 aromatic heterocycles. The van der Waals surface area contributed by atoms with Crippen LogP contribution in [-0.4, -0.2) is 26.1 Å². The van der Waals surface area contributed by atoms with Crippen molar-refractivity contribution in [2.45, 2.75) is 18.7 Å². The van der Waals surface area contributed by atoms with Crippen molar-refractivity contribution in [2.24, 2.45) is 0 Å². The highest BCUT2D eigenvalue weighted by atomic mass is 32.2. The SMILES string of the molecule is Cc1ccc(S(=O)(=O)NOCC(=O)O)cc1C. The monoisotopic (exact) mass is 259 g/mol. The summed E-state index contributed by atoms with van der Waals surface area (Å²) in [5.74, 6) is -1.26. The lowest BCUT2D eigenvalue weighted by Gasteiger charge is -2.07. The van der Waals surface area contributed by atoms with Gasteiger partial charge < -0.3 is 5.11 Å². The van der Waals surface area contributed by atoms with Crippen molar-refractivity contribution in [1.82, 2.24) is 4.89 Å². The Labute approximate surface area is 99.2 Å². The summed E-state index contributed by atoms with van der Waals surface area (Å²) in [6.45, 7) is 2.91. The van der Waals surface area contributed by atoms with E-state index in [9.17, 15) is 13.2 Å². The maximum Gasteiger partial charge on any atom is 0.331 e. The molecule has 0 unspecified atom stereocenters. The number of aliphatic carboxylic acids is 1. The lowest BCUT2D eigenvalue weighted by Crippen LogP contribution is -2.26. The third kappa shape index (κ3) is 3.81. The molecule has 94 valence electrons. The maximum absolute atomic E-state index is 11.6. The van der Waals surface area contributed by atoms with E-state index in [0.29, 0.717) is 0 Å². The Hall–Kier alpha value is -1.44. The minimum absolute atomic E-state index is 0.0333. The van der Waals surface area contributed by atoms with Crippen LogP contribution in [0, 0.1) is 13.8 Å². The molecule has 7 heteroatoms. The van der Waals surface area contributed by atoms with Gasteiger partial charge in [0.1, 0.15) is 0 Å². The van der Waals surface area contributed by atoms with E-state index >= 15 is 0 Å². The Balaban J connectivity index is 2.82. The van der Waals surface area contributed by atoms with Gasteiger partial charge >= 0.3 is 5.97 Å². The highest BCUT2D eigenvalue weighted by Crippen LogP contribution is 2.14. The van der Waals surface area contributed by atoms with Crippen molar-refractivity contribution in [3.8, 4) is 0 Å². The second-order valence-electron chi connectivity index (χ2n) is 3.52. The number of carbonyl (C=O) groups is 1. The molecular weight excluding hydrogens is 246 g/mol. The Morgan fingerprint density at radius 2 is 2.00 bits per heavy atom. The number of sulfonamides is 1. The van der Waals surface area contributed by atoms with E-state index in [0.717, 1.165) is 11.1 Å². The Morgan fingerprint density at radius 1 is 1.35 bits per heavy atom. The average molecular weight is 259 g/mol. The minimum Gasteiger partial charge on any atom is -0.479 e. The van der Waals surface area contributed by atoms with Crippen molar-refractivity contribution in [1.29, 1.82) is 0 Å². The van der Waals surface area contributed by atoms with Gasteiger partial charge in [0.05, 0.1) is 4.90 Å². The van der Waals surface area contributed by atoms with E-state index in [1.54, 1.807) is 17.9 Å². The summed E-state index contributed by atoms with van der Waals surface area (Å²) in [6.07, 6.45) is 0. The lowest BCUT2D eigenvalue weighted by atomic mass is 10.1. The first-order valence-corrected chi connectivity index (χ1v) is 6.24. The summed E-state index contributed by atoms with van der Waals surface area (Å²) >= 11 is 0. The molecule has 0 saturated carbocycles. The number of hydrogen-bond donors (Lipinski definition) is 2. The van der Waals surface area contributed by atoms with E-state index in [4.69, 9.17) is 5.11 Å². The van der Waals surface area contributed by atoms with Crippen LogP contribution < -0.4 is 4.89 Å². The molecule has 0 radical (unpaired) electrons. The van der Waals surface area contributed by atoms with Crippen molar-refractivity contribution in [3.05, 3.63) is 29.3 Å². The summed E-state index contributed by atoms with van der Waals surface area (Å²) in [6, 6.07) is 4.58. The number of carboxylic acids is 1. The first-order chi connectivity index (χ1) is 7.83. The van der Waals surface area contributed by atoms with Crippen LogP contribution in [0.15, 0.2) is 23.1 Å². The first-order valence-electron chi connectivity index (χ1n) is 4.75. The van der Waals surface area contributed by atoms with Gasteiger partial charge in [-0.2, -0.15) is 0 Å². The predicted molar refractivity (Wildman–Crippen MR) is 59.8 cm³/mol. The number of hydrogen-bond acceptors (Lipinski definition) is 4. The van der Waals surface area contributed by atoms with Crippen LogP contribution in [0.2, 0.25) is 0 Å². The zero-order valence-electron chi connectivity index (χ0n) is 9.43. The third-order valence-electron chi connectivity index (χ3n) is 2.15. The standard InChI is InChI=1S/C10H13NO5S/c1-7-3-4-9(5-8(7)2)17(14,15)11-16-6-10(12)13/h3-5,11H,6H2,1-2H3,(H,12,13). The molecule has 0 aliphatic heterocycles. The molecule has 0 saturated heterocycles. The summed E-state index contributed by atoms with van der Waals surface area (Å²) in [4.78, 5) is 16.3. The normalized spacial score (nSPS) is 11.4. The lowest BCUT2D eigenvalue weighted by molar-refractivity contribution is -0.143. The van der Waals surface area contributed by atoms with Gasteiger partial charge in [-0.1, -0.05) is 11.0 Å². The molecule has 1 aromatic carbocycles. The Kier molecular flexibility index (Phi) is 4.22. The topological polar surface area (TPSA) is 92.7 Å². The van der Waals surface area contributed by atoms with Crippen molar-refractivity contribution in [3.63, 3.8) is 0 Å². The van der Waals surface area contributed by atoms with Crippen LogP contribution in [-0.2, 0) is 19.7 Å². The molecule has 0 aliphatic carbocycles. The van der Waals surface area contributed by atoms with Crippen LogP contribution in [0.25, 0.3) is 0 Å². The van der Waals surface area contributed by atoms with Crippen LogP contribution in [0.5, 0.6) is 0 Å². The minimum atomic E-state index is -3.83. The van der Waals surface area contributed by atoms with Crippen LogP contribution >= 0.6 is 0 Å². The molecule has 6 nitrogen and oxygen atoms in total. The summed E-state index contributed by atoms with van der Waals surface area (Å²) in [5, 5.41) is 8.30. The van der Waals surface area contributed by atoms with Crippen LogP contribution in [0.4, 0.5) is 0 Å². The first kappa shape index (κ1) is 13.6. The molecule has 1 aromatic rings. The van der Waals surface area contributed by atoms with Crippen LogP contribution in [0.1, 0.15) is 11.1 Å². The fourth-order valence-electron chi connectivity index (χ4n) is 1.10. The molecule has 0 fully saturated rings. The quantitative estimate of drug-likeness (QED) is 0.755. The zero-order chi connectivity index (χ0) is 13.1. The Bertz CT molecular complexity index is 523. The van der Waals surface area contributed by atoms with Gasteiger partial charge in [0.2, 0.25) is 0 Å². The Morgan fingerprint density at radius 3 is 2.53 bits per heavy atom. The molecule has 0 aliphatic rings. The fourth-order valence-corrected chi connectivity index (χ4v) is 1.99. The van der Waals surface area contributed by atoms with Crippen LogP contribution in [0.3, 0.4) is 0 Å². The number of rotatable bonds is 5. The number of carboxylic acid groups (broad SMARTS) is 1. The summed E-state index contributed by atoms with van der Waals surface area (Å²) < 4.78 is 23.3. The van der Waals surface area contributed by atoms with Gasteiger partial charge in [-0.3, -0.25) is 4.84 Å². The van der Waals surface area contributed by atoms with E-state index in [1.807, 2.05) is 6.92 Å². The summed E-state index contributed by atoms with van der Waals surface area (Å²) in [5.41, 5.74) is 1.79. The van der Waals surface area contributed by atoms with Gasteiger partial charge in [0, 0.05) is 0 Å². The molecule has 0 heterocycles. The second-order valence-corrected chi connectivity index (χ2v) is 5.16. The van der Waals surface area contributed by atoms with E-state index in [1.165, 1.54) is 12.1 Å². The highest BCUT2D eigenvalue weighted by Gasteiger charge is 2.15. The van der Waals surface area contributed by atoms with Crippen molar-refractivity contribution in [2.75, 3.05) is 6.61 Å². The largest absolute Gasteiger partial charge is 0.479 e. The molecular formula is C10H13NO5S. The molecule has 0 amide bonds. The number of benzene rings is 1. The van der Waals surface area contributed by atoms with Crippen molar-refractivity contribution < 1.29 is 23.2 Å². The van der Waals surface area contributed by atoms with Gasteiger partial charge in [0.25, 0.3) is 10.0 Å². The smallest absolute Gasteiger partial charge is 0.331 e. The number of nitrogens with one attached hydrogen (secondary N) is 1. The molecule has 1 rings (SSSR count). The van der Waals surface area contributed by atoms with Gasteiger partial charge in [-0.15, -0.1) is 0 Å². The predicted octanol–water partition coefficient (Wildman–Crippen LogP) is 0.598. The summed E-state index contributed by atoms with van der Waals surface area (Å²) in [7, 11) is -3.83. The average Bonchev–Trinajstić information content (AvgIpc) is 2.21. The van der Waals surface area contributed by atoms with E-state index in [2.05, 4.69) is 4.84 Å². The fraction of sp³-hybridized carbons (Fsp3) is 0.300. The highest BCUT2D eigenvalue weighted by molar-refractivity contribution is 7.89. The van der Waals surface area contributed by atoms with Crippen molar-refractivity contribution >= 4 is 16.0 Å². The second kappa shape index (κ2) is 5.26. The molecule has 0 atom stereocenters. The van der Waals surface area contributed by atoms with E-state index < -0.39 is 22.6 Å². The maximum atomic E-state index is 11.6. The van der Waals surface area contributed by atoms with E-state index in [-0.39, 0.29) is 4.90 Å².